The highest BCUT2D eigenvalue weighted by Crippen LogP contribution is 2.31. The van der Waals surface area contributed by atoms with Crippen molar-refractivity contribution in [2.75, 3.05) is 7.11 Å². The molecule has 0 atom stereocenters. The molecule has 0 N–H and O–H groups in total. The van der Waals surface area contributed by atoms with Crippen LogP contribution in [0, 0.1) is 13.8 Å². The van der Waals surface area contributed by atoms with Crippen molar-refractivity contribution < 1.29 is 9.53 Å². The van der Waals surface area contributed by atoms with E-state index in [1.807, 2.05) is 32.1 Å². The van der Waals surface area contributed by atoms with Crippen molar-refractivity contribution in [2.24, 2.45) is 0 Å². The van der Waals surface area contributed by atoms with Crippen LogP contribution in [-0.2, 0) is 11.3 Å². The van der Waals surface area contributed by atoms with Crippen LogP contribution in [-0.4, -0.2) is 22.6 Å². The summed E-state index contributed by atoms with van der Waals surface area (Å²) in [5.74, 6) is 0.398. The van der Waals surface area contributed by atoms with E-state index in [1.165, 1.54) is 7.11 Å². The lowest BCUT2D eigenvalue weighted by atomic mass is 10.1. The van der Waals surface area contributed by atoms with Gasteiger partial charge >= 0.3 is 5.97 Å². The Bertz CT molecular complexity index is 1120. The minimum atomic E-state index is -0.352. The van der Waals surface area contributed by atoms with E-state index >= 15 is 0 Å². The number of carbonyl (C=O) groups excluding carboxylic acids is 1. The zero-order valence-electron chi connectivity index (χ0n) is 14.8. The van der Waals surface area contributed by atoms with Gasteiger partial charge in [-0.2, -0.15) is 0 Å². The average molecular weight is 366 g/mol. The third kappa shape index (κ3) is 2.57. The molecule has 0 aliphatic carbocycles. The second-order valence-corrected chi connectivity index (χ2v) is 7.59. The summed E-state index contributed by atoms with van der Waals surface area (Å²) in [6.45, 7) is 4.66. The summed E-state index contributed by atoms with van der Waals surface area (Å²) in [7, 11) is 1.37. The molecule has 3 aromatic rings. The molecular formula is C20H18N2O3S. The quantitative estimate of drug-likeness (QED) is 0.647. The monoisotopic (exact) mass is 366 g/mol. The number of carbonyl (C=O) groups is 1. The van der Waals surface area contributed by atoms with Crippen molar-refractivity contribution in [2.45, 2.75) is 26.8 Å². The highest BCUT2D eigenvalue weighted by Gasteiger charge is 2.23. The van der Waals surface area contributed by atoms with Gasteiger partial charge in [-0.1, -0.05) is 12.1 Å². The van der Waals surface area contributed by atoms with E-state index in [-0.39, 0.29) is 11.5 Å². The van der Waals surface area contributed by atoms with Crippen LogP contribution in [0.4, 0.5) is 0 Å². The van der Waals surface area contributed by atoms with Gasteiger partial charge in [-0.25, -0.2) is 9.78 Å². The molecule has 0 spiro atoms. The SMILES string of the molecule is COC(=O)c1ccc(C=C2CCn3c2nc2sc(C)c(C)c2c3=O)cc1. The van der Waals surface area contributed by atoms with Gasteiger partial charge in [-0.05, 0) is 55.2 Å². The number of hydrogen-bond acceptors (Lipinski definition) is 5. The Kier molecular flexibility index (Phi) is 4.00. The first-order valence-corrected chi connectivity index (χ1v) is 9.21. The Labute approximate surface area is 154 Å². The fourth-order valence-electron chi connectivity index (χ4n) is 3.30. The second-order valence-electron chi connectivity index (χ2n) is 6.39. The molecule has 0 amide bonds. The maximum Gasteiger partial charge on any atom is 0.337 e. The summed E-state index contributed by atoms with van der Waals surface area (Å²) in [6.07, 6.45) is 2.81. The van der Waals surface area contributed by atoms with Gasteiger partial charge in [-0.15, -0.1) is 11.3 Å². The third-order valence-electron chi connectivity index (χ3n) is 4.85. The molecule has 1 aliphatic heterocycles. The molecule has 132 valence electrons. The Balaban J connectivity index is 1.78. The smallest absolute Gasteiger partial charge is 0.337 e. The predicted octanol–water partition coefficient (Wildman–Crippen LogP) is 3.81. The number of thiophene rings is 1. The highest BCUT2D eigenvalue weighted by molar-refractivity contribution is 7.18. The molecule has 3 heterocycles. The van der Waals surface area contributed by atoms with Crippen LogP contribution in [0.3, 0.4) is 0 Å². The first-order chi connectivity index (χ1) is 12.5. The van der Waals surface area contributed by atoms with Crippen molar-refractivity contribution in [3.8, 4) is 0 Å². The van der Waals surface area contributed by atoms with E-state index in [1.54, 1.807) is 28.0 Å². The van der Waals surface area contributed by atoms with Crippen LogP contribution in [0.2, 0.25) is 0 Å². The van der Waals surface area contributed by atoms with Gasteiger partial charge in [0.1, 0.15) is 10.7 Å². The maximum atomic E-state index is 12.9. The van der Waals surface area contributed by atoms with Gasteiger partial charge in [0.05, 0.1) is 18.1 Å². The summed E-state index contributed by atoms with van der Waals surface area (Å²) in [5, 5.41) is 0.750. The molecule has 4 rings (SSSR count). The van der Waals surface area contributed by atoms with Gasteiger partial charge in [-0.3, -0.25) is 9.36 Å². The number of aryl methyl sites for hydroxylation is 2. The number of ether oxygens (including phenoxy) is 1. The topological polar surface area (TPSA) is 61.2 Å². The normalized spacial score (nSPS) is 14.8. The molecule has 0 unspecified atom stereocenters. The highest BCUT2D eigenvalue weighted by atomic mass is 32.1. The molecule has 0 saturated carbocycles. The summed E-state index contributed by atoms with van der Waals surface area (Å²) in [6, 6.07) is 7.22. The number of rotatable bonds is 2. The number of fused-ring (bicyclic) bond motifs is 2. The van der Waals surface area contributed by atoms with Crippen LogP contribution < -0.4 is 5.56 Å². The van der Waals surface area contributed by atoms with E-state index in [2.05, 4.69) is 0 Å². The predicted molar refractivity (Wildman–Crippen MR) is 104 cm³/mol. The van der Waals surface area contributed by atoms with Crippen LogP contribution in [0.1, 0.15) is 38.6 Å². The molecule has 26 heavy (non-hydrogen) atoms. The molecule has 1 aromatic carbocycles. The lowest BCUT2D eigenvalue weighted by Crippen LogP contribution is -2.20. The third-order valence-corrected chi connectivity index (χ3v) is 5.95. The number of allylic oxidation sites excluding steroid dienone is 1. The molecule has 2 aromatic heterocycles. The zero-order valence-corrected chi connectivity index (χ0v) is 15.6. The molecule has 1 aliphatic rings. The Morgan fingerprint density at radius 1 is 1.27 bits per heavy atom. The van der Waals surface area contributed by atoms with Crippen LogP contribution >= 0.6 is 11.3 Å². The van der Waals surface area contributed by atoms with Crippen molar-refractivity contribution in [3.05, 3.63) is 62.0 Å². The number of aromatic nitrogens is 2. The van der Waals surface area contributed by atoms with E-state index in [9.17, 15) is 9.59 Å². The number of benzene rings is 1. The van der Waals surface area contributed by atoms with Gasteiger partial charge in [0.25, 0.3) is 5.56 Å². The first-order valence-electron chi connectivity index (χ1n) is 8.39. The Hall–Kier alpha value is -2.73. The summed E-state index contributed by atoms with van der Waals surface area (Å²) < 4.78 is 6.49. The maximum absolute atomic E-state index is 12.9. The van der Waals surface area contributed by atoms with E-state index in [0.717, 1.165) is 44.0 Å². The second kappa shape index (κ2) is 6.21. The number of esters is 1. The lowest BCUT2D eigenvalue weighted by molar-refractivity contribution is 0.0600. The van der Waals surface area contributed by atoms with E-state index in [4.69, 9.17) is 9.72 Å². The van der Waals surface area contributed by atoms with Gasteiger partial charge in [0.2, 0.25) is 0 Å². The lowest BCUT2D eigenvalue weighted by Gasteiger charge is -2.04. The van der Waals surface area contributed by atoms with Crippen molar-refractivity contribution >= 4 is 39.2 Å². The van der Waals surface area contributed by atoms with Crippen LogP contribution in [0.15, 0.2) is 29.1 Å². The fraction of sp³-hybridized carbons (Fsp3) is 0.250. The molecular weight excluding hydrogens is 348 g/mol. The molecule has 0 fully saturated rings. The minimum absolute atomic E-state index is 0.0521. The molecule has 0 bridgehead atoms. The van der Waals surface area contributed by atoms with E-state index < -0.39 is 0 Å². The summed E-state index contributed by atoms with van der Waals surface area (Å²) in [4.78, 5) is 31.1. The zero-order chi connectivity index (χ0) is 18.4. The molecule has 5 nitrogen and oxygen atoms in total. The van der Waals surface area contributed by atoms with Crippen molar-refractivity contribution in [3.63, 3.8) is 0 Å². The molecule has 0 saturated heterocycles. The minimum Gasteiger partial charge on any atom is -0.465 e. The molecule has 6 heteroatoms. The van der Waals surface area contributed by atoms with Crippen LogP contribution in [0.25, 0.3) is 21.9 Å². The number of hydrogen-bond donors (Lipinski definition) is 0. The summed E-state index contributed by atoms with van der Waals surface area (Å²) >= 11 is 1.57. The van der Waals surface area contributed by atoms with Crippen LogP contribution in [0.5, 0.6) is 0 Å². The Morgan fingerprint density at radius 3 is 2.69 bits per heavy atom. The summed E-state index contributed by atoms with van der Waals surface area (Å²) in [5.41, 5.74) is 3.61. The number of methoxy groups -OCH3 is 1. The molecule has 0 radical (unpaired) electrons. The van der Waals surface area contributed by atoms with Gasteiger partial charge in [0, 0.05) is 11.4 Å². The van der Waals surface area contributed by atoms with Gasteiger partial charge in [0.15, 0.2) is 0 Å². The number of nitrogens with zero attached hydrogens (tertiary/aromatic N) is 2. The largest absolute Gasteiger partial charge is 0.465 e. The van der Waals surface area contributed by atoms with Crippen molar-refractivity contribution in [1.29, 1.82) is 0 Å². The first kappa shape index (κ1) is 16.7. The fourth-order valence-corrected chi connectivity index (χ4v) is 4.31. The van der Waals surface area contributed by atoms with E-state index in [0.29, 0.717) is 12.1 Å². The Morgan fingerprint density at radius 2 is 2.00 bits per heavy atom. The van der Waals surface area contributed by atoms with Gasteiger partial charge < -0.3 is 4.74 Å². The standard InChI is InChI=1S/C20H18N2O3S/c1-11-12(2)26-18-16(11)19(23)22-9-8-15(17(22)21-18)10-13-4-6-14(7-5-13)20(24)25-3/h4-7,10H,8-9H2,1-3H3. The van der Waals surface area contributed by atoms with Crippen molar-refractivity contribution in [1.82, 2.24) is 9.55 Å². The average Bonchev–Trinajstić information content (AvgIpc) is 3.17.